The average molecular weight is 275 g/mol. The normalized spacial score (nSPS) is 10.0. The van der Waals surface area contributed by atoms with Crippen LogP contribution in [-0.2, 0) is 6.54 Å². The summed E-state index contributed by atoms with van der Waals surface area (Å²) in [5, 5.41) is 12.7. The first-order chi connectivity index (χ1) is 9.11. The van der Waals surface area contributed by atoms with Crippen LogP contribution in [0.1, 0.15) is 16.7 Å². The number of nitriles is 1. The Morgan fingerprint density at radius 1 is 1.32 bits per heavy atom. The van der Waals surface area contributed by atoms with Crippen LogP contribution >= 0.6 is 11.6 Å². The van der Waals surface area contributed by atoms with Gasteiger partial charge >= 0.3 is 0 Å². The Kier molecular flexibility index (Phi) is 4.03. The maximum Gasteiger partial charge on any atom is 0.143 e. The zero-order valence-corrected chi connectivity index (χ0v) is 11.1. The summed E-state index contributed by atoms with van der Waals surface area (Å²) in [5.41, 5.74) is 2.50. The minimum atomic E-state index is -0.519. The summed E-state index contributed by atoms with van der Waals surface area (Å²) in [6.45, 7) is 2.41. The second kappa shape index (κ2) is 5.73. The van der Waals surface area contributed by atoms with Crippen LogP contribution < -0.4 is 5.32 Å². The molecule has 0 saturated heterocycles. The molecule has 0 spiro atoms. The molecule has 0 aliphatic heterocycles. The zero-order valence-electron chi connectivity index (χ0n) is 10.4. The number of nitrogens with one attached hydrogen (secondary N) is 1. The summed E-state index contributed by atoms with van der Waals surface area (Å²) < 4.78 is 13.4. The Balaban J connectivity index is 2.17. The van der Waals surface area contributed by atoms with E-state index in [1.54, 1.807) is 12.1 Å². The number of rotatable bonds is 3. The third-order valence-electron chi connectivity index (χ3n) is 2.84. The molecule has 0 bridgehead atoms. The number of aryl methyl sites for hydroxylation is 1. The van der Waals surface area contributed by atoms with Crippen LogP contribution in [0.2, 0.25) is 5.02 Å². The number of halogens is 2. The number of anilines is 1. The van der Waals surface area contributed by atoms with E-state index in [9.17, 15) is 4.39 Å². The first kappa shape index (κ1) is 13.4. The van der Waals surface area contributed by atoms with Crippen molar-refractivity contribution in [3.05, 3.63) is 63.9 Å². The molecule has 0 heterocycles. The maximum atomic E-state index is 13.4. The van der Waals surface area contributed by atoms with Gasteiger partial charge in [0.1, 0.15) is 17.4 Å². The lowest BCUT2D eigenvalue weighted by molar-refractivity contribution is 0.624. The van der Waals surface area contributed by atoms with Crippen molar-refractivity contribution < 1.29 is 4.39 Å². The first-order valence-corrected chi connectivity index (χ1v) is 6.17. The third kappa shape index (κ3) is 3.04. The minimum Gasteiger partial charge on any atom is -0.380 e. The SMILES string of the molecule is Cc1ccc(CNc2cccc(F)c2C#N)cc1Cl. The van der Waals surface area contributed by atoms with Crippen molar-refractivity contribution >= 4 is 17.3 Å². The highest BCUT2D eigenvalue weighted by molar-refractivity contribution is 6.31. The lowest BCUT2D eigenvalue weighted by Crippen LogP contribution is -2.02. The van der Waals surface area contributed by atoms with Crippen LogP contribution in [0.5, 0.6) is 0 Å². The van der Waals surface area contributed by atoms with Gasteiger partial charge in [-0.25, -0.2) is 4.39 Å². The van der Waals surface area contributed by atoms with Gasteiger partial charge in [0.15, 0.2) is 0 Å². The van der Waals surface area contributed by atoms with Gasteiger partial charge in [-0.05, 0) is 36.2 Å². The van der Waals surface area contributed by atoms with Gasteiger partial charge in [-0.3, -0.25) is 0 Å². The lowest BCUT2D eigenvalue weighted by atomic mass is 10.1. The van der Waals surface area contributed by atoms with E-state index in [1.165, 1.54) is 6.07 Å². The van der Waals surface area contributed by atoms with Gasteiger partial charge in [0.25, 0.3) is 0 Å². The molecule has 0 aliphatic rings. The monoisotopic (exact) mass is 274 g/mol. The summed E-state index contributed by atoms with van der Waals surface area (Å²) in [6, 6.07) is 12.1. The molecule has 2 aromatic carbocycles. The molecule has 2 aromatic rings. The smallest absolute Gasteiger partial charge is 0.143 e. The lowest BCUT2D eigenvalue weighted by Gasteiger charge is -2.09. The van der Waals surface area contributed by atoms with Crippen molar-refractivity contribution in [1.82, 2.24) is 0 Å². The van der Waals surface area contributed by atoms with E-state index in [4.69, 9.17) is 16.9 Å². The molecular weight excluding hydrogens is 263 g/mol. The quantitative estimate of drug-likeness (QED) is 0.907. The summed E-state index contributed by atoms with van der Waals surface area (Å²) in [4.78, 5) is 0. The molecule has 0 amide bonds. The number of hydrogen-bond acceptors (Lipinski definition) is 2. The van der Waals surface area contributed by atoms with E-state index in [2.05, 4.69) is 5.32 Å². The second-order valence-electron chi connectivity index (χ2n) is 4.21. The molecule has 0 atom stereocenters. The van der Waals surface area contributed by atoms with Crippen molar-refractivity contribution in [1.29, 1.82) is 5.26 Å². The van der Waals surface area contributed by atoms with E-state index in [-0.39, 0.29) is 5.56 Å². The fraction of sp³-hybridized carbons (Fsp3) is 0.133. The van der Waals surface area contributed by atoms with Gasteiger partial charge in [-0.2, -0.15) is 5.26 Å². The van der Waals surface area contributed by atoms with E-state index >= 15 is 0 Å². The molecule has 0 aliphatic carbocycles. The van der Waals surface area contributed by atoms with Crippen LogP contribution in [0.25, 0.3) is 0 Å². The highest BCUT2D eigenvalue weighted by Crippen LogP contribution is 2.20. The van der Waals surface area contributed by atoms with Gasteiger partial charge in [0.2, 0.25) is 0 Å². The van der Waals surface area contributed by atoms with Crippen LogP contribution in [0.3, 0.4) is 0 Å². The van der Waals surface area contributed by atoms with E-state index in [0.717, 1.165) is 11.1 Å². The Bertz CT molecular complexity index is 647. The van der Waals surface area contributed by atoms with E-state index in [1.807, 2.05) is 31.2 Å². The van der Waals surface area contributed by atoms with Crippen LogP contribution in [0.4, 0.5) is 10.1 Å². The zero-order chi connectivity index (χ0) is 13.8. The topological polar surface area (TPSA) is 35.8 Å². The molecule has 2 rings (SSSR count). The number of hydrogen-bond donors (Lipinski definition) is 1. The average Bonchev–Trinajstić information content (AvgIpc) is 2.40. The van der Waals surface area contributed by atoms with Crippen molar-refractivity contribution in [2.75, 3.05) is 5.32 Å². The largest absolute Gasteiger partial charge is 0.380 e. The van der Waals surface area contributed by atoms with Crippen molar-refractivity contribution in [3.63, 3.8) is 0 Å². The van der Waals surface area contributed by atoms with Gasteiger partial charge in [0, 0.05) is 11.6 Å². The van der Waals surface area contributed by atoms with E-state index < -0.39 is 5.82 Å². The minimum absolute atomic E-state index is 0.0284. The van der Waals surface area contributed by atoms with Gasteiger partial charge in [-0.15, -0.1) is 0 Å². The fourth-order valence-corrected chi connectivity index (χ4v) is 1.93. The standard InChI is InChI=1S/C15H12ClFN2/c1-10-5-6-11(7-13(10)16)9-19-15-4-2-3-14(17)12(15)8-18/h2-7,19H,9H2,1H3. The van der Waals surface area contributed by atoms with Crippen LogP contribution in [-0.4, -0.2) is 0 Å². The Morgan fingerprint density at radius 2 is 2.11 bits per heavy atom. The maximum absolute atomic E-state index is 13.4. The summed E-state index contributed by atoms with van der Waals surface area (Å²) in [7, 11) is 0. The molecular formula is C15H12ClFN2. The molecule has 0 saturated carbocycles. The van der Waals surface area contributed by atoms with Crippen molar-refractivity contribution in [2.24, 2.45) is 0 Å². The van der Waals surface area contributed by atoms with Crippen LogP contribution in [0.15, 0.2) is 36.4 Å². The molecule has 0 aromatic heterocycles. The molecule has 0 unspecified atom stereocenters. The molecule has 96 valence electrons. The fourth-order valence-electron chi connectivity index (χ4n) is 1.73. The van der Waals surface area contributed by atoms with Crippen LogP contribution in [0, 0.1) is 24.1 Å². The molecule has 19 heavy (non-hydrogen) atoms. The van der Waals surface area contributed by atoms with E-state index in [0.29, 0.717) is 17.3 Å². The Hall–Kier alpha value is -2.05. The summed E-state index contributed by atoms with van der Waals surface area (Å²) in [5.74, 6) is -0.519. The van der Waals surface area contributed by atoms with Crippen molar-refractivity contribution in [3.8, 4) is 6.07 Å². The molecule has 1 N–H and O–H groups in total. The van der Waals surface area contributed by atoms with Gasteiger partial charge in [0.05, 0.1) is 5.69 Å². The van der Waals surface area contributed by atoms with Gasteiger partial charge in [-0.1, -0.05) is 29.8 Å². The Labute approximate surface area is 116 Å². The first-order valence-electron chi connectivity index (χ1n) is 5.79. The number of nitrogens with zero attached hydrogens (tertiary/aromatic N) is 1. The molecule has 2 nitrogen and oxygen atoms in total. The second-order valence-corrected chi connectivity index (χ2v) is 4.62. The third-order valence-corrected chi connectivity index (χ3v) is 3.25. The number of benzene rings is 2. The molecule has 4 heteroatoms. The highest BCUT2D eigenvalue weighted by atomic mass is 35.5. The van der Waals surface area contributed by atoms with Crippen molar-refractivity contribution in [2.45, 2.75) is 13.5 Å². The predicted octanol–water partition coefficient (Wildman–Crippen LogP) is 4.27. The molecule has 0 radical (unpaired) electrons. The summed E-state index contributed by atoms with van der Waals surface area (Å²) in [6.07, 6.45) is 0. The Morgan fingerprint density at radius 3 is 2.79 bits per heavy atom. The summed E-state index contributed by atoms with van der Waals surface area (Å²) >= 11 is 6.04. The highest BCUT2D eigenvalue weighted by Gasteiger charge is 2.07. The predicted molar refractivity (Wildman–Crippen MR) is 74.6 cm³/mol. The molecule has 0 fully saturated rings. The van der Waals surface area contributed by atoms with Gasteiger partial charge < -0.3 is 5.32 Å².